The Balaban J connectivity index is 2.25. The zero-order valence-electron chi connectivity index (χ0n) is 11.8. The normalized spacial score (nSPS) is 11.5. The summed E-state index contributed by atoms with van der Waals surface area (Å²) in [5.41, 5.74) is 1.13. The van der Waals surface area contributed by atoms with Gasteiger partial charge in [0.1, 0.15) is 0 Å². The molecule has 2 nitrogen and oxygen atoms in total. The maximum Gasteiger partial charge on any atom is 0.263 e. The van der Waals surface area contributed by atoms with Gasteiger partial charge in [0.25, 0.3) is 6.43 Å². The monoisotopic (exact) mass is 270 g/mol. The lowest BCUT2D eigenvalue weighted by atomic mass is 10.1. The summed E-state index contributed by atoms with van der Waals surface area (Å²) >= 11 is 0. The zero-order valence-corrected chi connectivity index (χ0v) is 11.8. The Morgan fingerprint density at radius 2 is 1.79 bits per heavy atom. The van der Waals surface area contributed by atoms with Crippen LogP contribution in [0.4, 0.5) is 8.78 Å². The number of rotatable bonds is 9. The molecule has 1 aromatic rings. The number of hydrogen-bond acceptors (Lipinski definition) is 2. The molecule has 0 spiro atoms. The molecule has 108 valence electrons. The van der Waals surface area contributed by atoms with Crippen molar-refractivity contribution >= 4 is 0 Å². The predicted octanol–water partition coefficient (Wildman–Crippen LogP) is 3.45. The van der Waals surface area contributed by atoms with Crippen molar-refractivity contribution < 1.29 is 8.78 Å². The Bertz CT molecular complexity index is 339. The Morgan fingerprint density at radius 3 is 2.32 bits per heavy atom. The standard InChI is InChI=1S/C15H24F2N2/c1-3-10-19(4-2)11-9-18-12-13-5-7-14(8-6-13)15(16)17/h5-8,15,18H,3-4,9-12H2,1-2H3. The molecular weight excluding hydrogens is 246 g/mol. The molecule has 0 unspecified atom stereocenters. The molecule has 0 fully saturated rings. The molecule has 19 heavy (non-hydrogen) atoms. The molecule has 0 bridgehead atoms. The summed E-state index contributed by atoms with van der Waals surface area (Å²) in [6.07, 6.45) is -1.21. The van der Waals surface area contributed by atoms with E-state index in [-0.39, 0.29) is 5.56 Å². The number of benzene rings is 1. The Hall–Kier alpha value is -1.00. The average Bonchev–Trinajstić information content (AvgIpc) is 2.42. The number of nitrogens with zero attached hydrogens (tertiary/aromatic N) is 1. The minimum atomic E-state index is -2.38. The third-order valence-electron chi connectivity index (χ3n) is 3.15. The lowest BCUT2D eigenvalue weighted by Crippen LogP contribution is -2.32. The minimum Gasteiger partial charge on any atom is -0.311 e. The number of likely N-dealkylation sites (N-methyl/N-ethyl adjacent to an activating group) is 1. The van der Waals surface area contributed by atoms with E-state index in [9.17, 15) is 8.78 Å². The highest BCUT2D eigenvalue weighted by Crippen LogP contribution is 2.18. The maximum absolute atomic E-state index is 12.4. The van der Waals surface area contributed by atoms with E-state index < -0.39 is 6.43 Å². The van der Waals surface area contributed by atoms with E-state index in [1.807, 2.05) is 0 Å². The first-order valence-electron chi connectivity index (χ1n) is 6.97. The van der Waals surface area contributed by atoms with Gasteiger partial charge in [0, 0.05) is 25.2 Å². The quantitative estimate of drug-likeness (QED) is 0.691. The minimum absolute atomic E-state index is 0.0869. The fraction of sp³-hybridized carbons (Fsp3) is 0.600. The molecule has 0 aromatic heterocycles. The van der Waals surface area contributed by atoms with Crippen molar-refractivity contribution in [3.8, 4) is 0 Å². The van der Waals surface area contributed by atoms with Gasteiger partial charge in [0.2, 0.25) is 0 Å². The highest BCUT2D eigenvalue weighted by atomic mass is 19.3. The average molecular weight is 270 g/mol. The van der Waals surface area contributed by atoms with Crippen LogP contribution in [0.2, 0.25) is 0 Å². The molecule has 0 radical (unpaired) electrons. The fourth-order valence-corrected chi connectivity index (χ4v) is 2.00. The molecule has 0 aliphatic rings. The van der Waals surface area contributed by atoms with Crippen molar-refractivity contribution in [2.24, 2.45) is 0 Å². The highest BCUT2D eigenvalue weighted by molar-refractivity contribution is 5.23. The summed E-state index contributed by atoms with van der Waals surface area (Å²) in [6, 6.07) is 6.52. The summed E-state index contributed by atoms with van der Waals surface area (Å²) < 4.78 is 24.8. The lowest BCUT2D eigenvalue weighted by Gasteiger charge is -2.19. The Labute approximate surface area is 114 Å². The van der Waals surface area contributed by atoms with Crippen LogP contribution in [0.3, 0.4) is 0 Å². The summed E-state index contributed by atoms with van der Waals surface area (Å²) in [6.45, 7) is 9.22. The lowest BCUT2D eigenvalue weighted by molar-refractivity contribution is 0.151. The fourth-order valence-electron chi connectivity index (χ4n) is 2.00. The summed E-state index contributed by atoms with van der Waals surface area (Å²) in [4.78, 5) is 2.40. The highest BCUT2D eigenvalue weighted by Gasteiger charge is 2.05. The Morgan fingerprint density at radius 1 is 1.11 bits per heavy atom. The molecule has 0 aliphatic heterocycles. The summed E-state index contributed by atoms with van der Waals surface area (Å²) in [5.74, 6) is 0. The summed E-state index contributed by atoms with van der Waals surface area (Å²) in [7, 11) is 0. The van der Waals surface area contributed by atoms with Crippen molar-refractivity contribution in [2.45, 2.75) is 33.2 Å². The first-order chi connectivity index (χ1) is 9.17. The second-order valence-electron chi connectivity index (χ2n) is 4.65. The van der Waals surface area contributed by atoms with Gasteiger partial charge in [-0.15, -0.1) is 0 Å². The van der Waals surface area contributed by atoms with E-state index in [0.29, 0.717) is 0 Å². The number of nitrogens with one attached hydrogen (secondary N) is 1. The molecule has 0 saturated heterocycles. The number of alkyl halides is 2. The Kier molecular flexibility index (Phi) is 7.60. The molecule has 0 aliphatic carbocycles. The number of halogens is 2. The van der Waals surface area contributed by atoms with Crippen LogP contribution in [0, 0.1) is 0 Å². The van der Waals surface area contributed by atoms with E-state index in [2.05, 4.69) is 24.1 Å². The van der Waals surface area contributed by atoms with Gasteiger partial charge in [0.05, 0.1) is 0 Å². The van der Waals surface area contributed by atoms with Crippen molar-refractivity contribution in [3.63, 3.8) is 0 Å². The van der Waals surface area contributed by atoms with E-state index in [0.717, 1.165) is 38.3 Å². The molecule has 1 aromatic carbocycles. The first-order valence-corrected chi connectivity index (χ1v) is 6.97. The molecule has 0 atom stereocenters. The van der Waals surface area contributed by atoms with Crippen LogP contribution in [-0.2, 0) is 6.54 Å². The summed E-state index contributed by atoms with van der Waals surface area (Å²) in [5, 5.41) is 3.34. The second-order valence-corrected chi connectivity index (χ2v) is 4.65. The molecule has 1 rings (SSSR count). The molecule has 0 heterocycles. The van der Waals surface area contributed by atoms with Crippen molar-refractivity contribution in [1.29, 1.82) is 0 Å². The molecule has 4 heteroatoms. The van der Waals surface area contributed by atoms with E-state index in [1.165, 1.54) is 18.6 Å². The third kappa shape index (κ3) is 6.12. The van der Waals surface area contributed by atoms with E-state index in [1.54, 1.807) is 12.1 Å². The van der Waals surface area contributed by atoms with Crippen LogP contribution in [0.1, 0.15) is 37.8 Å². The van der Waals surface area contributed by atoms with Gasteiger partial charge in [-0.25, -0.2) is 8.78 Å². The topological polar surface area (TPSA) is 15.3 Å². The van der Waals surface area contributed by atoms with Crippen LogP contribution in [0.5, 0.6) is 0 Å². The SMILES string of the molecule is CCCN(CC)CCNCc1ccc(C(F)F)cc1. The molecule has 0 amide bonds. The largest absolute Gasteiger partial charge is 0.311 e. The van der Waals surface area contributed by atoms with E-state index >= 15 is 0 Å². The van der Waals surface area contributed by atoms with Crippen LogP contribution >= 0.6 is 0 Å². The molecule has 1 N–H and O–H groups in total. The van der Waals surface area contributed by atoms with Gasteiger partial charge in [-0.3, -0.25) is 0 Å². The smallest absolute Gasteiger partial charge is 0.263 e. The van der Waals surface area contributed by atoms with Gasteiger partial charge >= 0.3 is 0 Å². The predicted molar refractivity (Wildman–Crippen MR) is 75.5 cm³/mol. The van der Waals surface area contributed by atoms with Gasteiger partial charge < -0.3 is 10.2 Å². The van der Waals surface area contributed by atoms with Gasteiger partial charge in [-0.2, -0.15) is 0 Å². The third-order valence-corrected chi connectivity index (χ3v) is 3.15. The second kappa shape index (κ2) is 8.99. The van der Waals surface area contributed by atoms with Crippen LogP contribution in [-0.4, -0.2) is 31.1 Å². The number of hydrogen-bond donors (Lipinski definition) is 1. The molecular formula is C15H24F2N2. The maximum atomic E-state index is 12.4. The van der Waals surface area contributed by atoms with Crippen LogP contribution in [0.15, 0.2) is 24.3 Å². The van der Waals surface area contributed by atoms with E-state index in [4.69, 9.17) is 0 Å². The zero-order chi connectivity index (χ0) is 14.1. The van der Waals surface area contributed by atoms with Crippen molar-refractivity contribution in [2.75, 3.05) is 26.2 Å². The van der Waals surface area contributed by atoms with Gasteiger partial charge in [-0.05, 0) is 25.1 Å². The molecule has 0 saturated carbocycles. The van der Waals surface area contributed by atoms with Crippen LogP contribution < -0.4 is 5.32 Å². The van der Waals surface area contributed by atoms with Crippen molar-refractivity contribution in [1.82, 2.24) is 10.2 Å². The first kappa shape index (κ1) is 16.1. The van der Waals surface area contributed by atoms with Crippen molar-refractivity contribution in [3.05, 3.63) is 35.4 Å². The van der Waals surface area contributed by atoms with Crippen LogP contribution in [0.25, 0.3) is 0 Å². The van der Waals surface area contributed by atoms with Gasteiger partial charge in [0.15, 0.2) is 0 Å². The van der Waals surface area contributed by atoms with Gasteiger partial charge in [-0.1, -0.05) is 38.1 Å².